The highest BCUT2D eigenvalue weighted by molar-refractivity contribution is 5.80. The Morgan fingerprint density at radius 2 is 2.30 bits per heavy atom. The molecule has 0 aromatic carbocycles. The van der Waals surface area contributed by atoms with Crippen LogP contribution in [0, 0.1) is 0 Å². The number of hydrogen-bond donors (Lipinski definition) is 1. The molecule has 0 amide bonds. The van der Waals surface area contributed by atoms with E-state index in [2.05, 4.69) is 31.0 Å². The second-order valence-electron chi connectivity index (χ2n) is 7.17. The molecule has 4 heterocycles. The fourth-order valence-electron chi connectivity index (χ4n) is 3.83. The number of ether oxygens (including phenoxy) is 1. The number of nitrogens with one attached hydrogen (secondary N) is 1. The number of likely N-dealkylation sites (tertiary alicyclic amines) is 1. The van der Waals surface area contributed by atoms with E-state index in [9.17, 15) is 0 Å². The molecular formula is C20H28N6O. The molecule has 0 bridgehead atoms. The lowest BCUT2D eigenvalue weighted by atomic mass is 10.2. The van der Waals surface area contributed by atoms with E-state index in [1.54, 1.807) is 6.20 Å². The van der Waals surface area contributed by atoms with Gasteiger partial charge in [-0.2, -0.15) is 0 Å². The molecular weight excluding hydrogens is 340 g/mol. The van der Waals surface area contributed by atoms with Crippen LogP contribution in [0.5, 0.6) is 5.88 Å². The van der Waals surface area contributed by atoms with E-state index in [0.717, 1.165) is 51.4 Å². The molecule has 0 saturated carbocycles. The summed E-state index contributed by atoms with van der Waals surface area (Å²) in [4.78, 5) is 15.7. The van der Waals surface area contributed by atoms with Crippen LogP contribution in [0.4, 0.5) is 0 Å². The van der Waals surface area contributed by atoms with Crippen LogP contribution in [0.25, 0.3) is 0 Å². The smallest absolute Gasteiger partial charge is 0.213 e. The van der Waals surface area contributed by atoms with Crippen LogP contribution in [0.1, 0.15) is 30.8 Å². The molecule has 1 fully saturated rings. The fraction of sp³-hybridized carbons (Fsp3) is 0.550. The van der Waals surface area contributed by atoms with Gasteiger partial charge in [-0.1, -0.05) is 6.07 Å². The predicted octanol–water partition coefficient (Wildman–Crippen LogP) is 1.89. The minimum absolute atomic E-state index is 0.151. The van der Waals surface area contributed by atoms with Gasteiger partial charge in [0.25, 0.3) is 0 Å². The monoisotopic (exact) mass is 368 g/mol. The van der Waals surface area contributed by atoms with Crippen LogP contribution < -0.4 is 10.1 Å². The van der Waals surface area contributed by atoms with Gasteiger partial charge >= 0.3 is 0 Å². The minimum Gasteiger partial charge on any atom is -0.472 e. The largest absolute Gasteiger partial charge is 0.472 e. The number of rotatable bonds is 5. The van der Waals surface area contributed by atoms with Crippen molar-refractivity contribution in [3.63, 3.8) is 0 Å². The van der Waals surface area contributed by atoms with Crippen molar-refractivity contribution in [2.75, 3.05) is 26.7 Å². The summed E-state index contributed by atoms with van der Waals surface area (Å²) in [5, 5.41) is 3.48. The zero-order valence-corrected chi connectivity index (χ0v) is 16.0. The number of guanidine groups is 1. The molecule has 144 valence electrons. The molecule has 0 radical (unpaired) electrons. The average molecular weight is 368 g/mol. The van der Waals surface area contributed by atoms with Crippen molar-refractivity contribution in [2.45, 2.75) is 44.8 Å². The maximum atomic E-state index is 5.97. The Bertz CT molecular complexity index is 749. The molecule has 2 aliphatic rings. The van der Waals surface area contributed by atoms with Gasteiger partial charge in [0.1, 0.15) is 11.9 Å². The van der Waals surface area contributed by atoms with Crippen LogP contribution in [-0.4, -0.2) is 58.2 Å². The SMILES string of the molecule is CN=C(NCCc1cn2c(n1)CCCC2)N1CCC(Oc2ccccn2)C1. The van der Waals surface area contributed by atoms with E-state index >= 15 is 0 Å². The lowest BCUT2D eigenvalue weighted by molar-refractivity contribution is 0.205. The first-order valence-electron chi connectivity index (χ1n) is 9.90. The first kappa shape index (κ1) is 17.8. The first-order chi connectivity index (χ1) is 13.3. The Morgan fingerprint density at radius 3 is 3.11 bits per heavy atom. The zero-order chi connectivity index (χ0) is 18.5. The fourth-order valence-corrected chi connectivity index (χ4v) is 3.83. The summed E-state index contributed by atoms with van der Waals surface area (Å²) in [6.07, 6.45) is 9.66. The molecule has 2 aliphatic heterocycles. The molecule has 0 spiro atoms. The van der Waals surface area contributed by atoms with E-state index < -0.39 is 0 Å². The summed E-state index contributed by atoms with van der Waals surface area (Å²) in [5.74, 6) is 2.87. The quantitative estimate of drug-likeness (QED) is 0.645. The van der Waals surface area contributed by atoms with Crippen molar-refractivity contribution in [1.82, 2.24) is 24.8 Å². The predicted molar refractivity (Wildman–Crippen MR) is 105 cm³/mol. The molecule has 2 aromatic rings. The summed E-state index contributed by atoms with van der Waals surface area (Å²) in [7, 11) is 1.84. The van der Waals surface area contributed by atoms with Crippen LogP contribution in [0.3, 0.4) is 0 Å². The molecule has 7 heteroatoms. The van der Waals surface area contributed by atoms with Gasteiger partial charge in [-0.15, -0.1) is 0 Å². The molecule has 2 aromatic heterocycles. The highest BCUT2D eigenvalue weighted by atomic mass is 16.5. The number of fused-ring (bicyclic) bond motifs is 1. The van der Waals surface area contributed by atoms with Gasteiger partial charge in [-0.25, -0.2) is 9.97 Å². The molecule has 1 unspecified atom stereocenters. The molecule has 4 rings (SSSR count). The third-order valence-corrected chi connectivity index (χ3v) is 5.20. The number of nitrogens with zero attached hydrogens (tertiary/aromatic N) is 5. The van der Waals surface area contributed by atoms with Crippen LogP contribution in [0.15, 0.2) is 35.6 Å². The zero-order valence-electron chi connectivity index (χ0n) is 16.0. The van der Waals surface area contributed by atoms with Gasteiger partial charge in [0, 0.05) is 64.4 Å². The Labute approximate surface area is 160 Å². The minimum atomic E-state index is 0.151. The highest BCUT2D eigenvalue weighted by Gasteiger charge is 2.26. The van der Waals surface area contributed by atoms with Crippen molar-refractivity contribution < 1.29 is 4.74 Å². The molecule has 0 aliphatic carbocycles. The number of pyridine rings is 1. The second-order valence-corrected chi connectivity index (χ2v) is 7.17. The van der Waals surface area contributed by atoms with Gasteiger partial charge in [-0.05, 0) is 18.9 Å². The Balaban J connectivity index is 1.25. The Hall–Kier alpha value is -2.57. The third kappa shape index (κ3) is 4.40. The van der Waals surface area contributed by atoms with Crippen LogP contribution in [0.2, 0.25) is 0 Å². The lowest BCUT2D eigenvalue weighted by Gasteiger charge is -2.21. The maximum absolute atomic E-state index is 5.97. The van der Waals surface area contributed by atoms with Crippen LogP contribution >= 0.6 is 0 Å². The third-order valence-electron chi connectivity index (χ3n) is 5.20. The van der Waals surface area contributed by atoms with Crippen molar-refractivity contribution in [3.05, 3.63) is 42.1 Å². The van der Waals surface area contributed by atoms with E-state index in [4.69, 9.17) is 9.72 Å². The van der Waals surface area contributed by atoms with E-state index in [1.807, 2.05) is 25.2 Å². The number of aromatic nitrogens is 3. The molecule has 1 saturated heterocycles. The van der Waals surface area contributed by atoms with Crippen molar-refractivity contribution in [1.29, 1.82) is 0 Å². The number of imidazole rings is 1. The van der Waals surface area contributed by atoms with E-state index in [1.165, 1.54) is 24.4 Å². The summed E-state index contributed by atoms with van der Waals surface area (Å²) in [6, 6.07) is 5.75. The summed E-state index contributed by atoms with van der Waals surface area (Å²) in [6.45, 7) is 3.72. The Kier molecular flexibility index (Phi) is 5.55. The van der Waals surface area contributed by atoms with Crippen molar-refractivity contribution in [3.8, 4) is 5.88 Å². The van der Waals surface area contributed by atoms with Crippen LogP contribution in [-0.2, 0) is 19.4 Å². The van der Waals surface area contributed by atoms with Crippen molar-refractivity contribution in [2.24, 2.45) is 4.99 Å². The number of aryl methyl sites for hydroxylation is 2. The summed E-state index contributed by atoms with van der Waals surface area (Å²) < 4.78 is 8.29. The molecule has 1 N–H and O–H groups in total. The van der Waals surface area contributed by atoms with E-state index in [0.29, 0.717) is 5.88 Å². The summed E-state index contributed by atoms with van der Waals surface area (Å²) in [5.41, 5.74) is 1.17. The van der Waals surface area contributed by atoms with Gasteiger partial charge in [0.05, 0.1) is 12.2 Å². The molecule has 7 nitrogen and oxygen atoms in total. The van der Waals surface area contributed by atoms with Gasteiger partial charge in [0.15, 0.2) is 5.96 Å². The van der Waals surface area contributed by atoms with Crippen molar-refractivity contribution >= 4 is 5.96 Å². The Morgan fingerprint density at radius 1 is 1.33 bits per heavy atom. The standard InChI is InChI=1S/C20H28N6O/c1-21-20(23-11-8-16-14-25-12-5-3-6-18(25)24-16)26-13-9-17(15-26)27-19-7-2-4-10-22-19/h2,4,7,10,14,17H,3,5-6,8-9,11-13,15H2,1H3,(H,21,23). The number of hydrogen-bond acceptors (Lipinski definition) is 4. The summed E-state index contributed by atoms with van der Waals surface area (Å²) >= 11 is 0. The van der Waals surface area contributed by atoms with Gasteiger partial charge in [-0.3, -0.25) is 4.99 Å². The number of aliphatic imine (C=N–C) groups is 1. The van der Waals surface area contributed by atoms with Gasteiger partial charge in [0.2, 0.25) is 5.88 Å². The first-order valence-corrected chi connectivity index (χ1v) is 9.90. The maximum Gasteiger partial charge on any atom is 0.213 e. The molecule has 27 heavy (non-hydrogen) atoms. The highest BCUT2D eigenvalue weighted by Crippen LogP contribution is 2.17. The second kappa shape index (κ2) is 8.41. The normalized spacial score (nSPS) is 19.8. The topological polar surface area (TPSA) is 67.6 Å². The van der Waals surface area contributed by atoms with E-state index in [-0.39, 0.29) is 6.10 Å². The average Bonchev–Trinajstić information content (AvgIpc) is 3.32. The molecule has 1 atom stereocenters. The van der Waals surface area contributed by atoms with Gasteiger partial charge < -0.3 is 19.5 Å². The lowest BCUT2D eigenvalue weighted by Crippen LogP contribution is -2.41.